The molecular formula is C18H21N5O2. The topological polar surface area (TPSA) is 90.2 Å². The largest absolute Gasteiger partial charge is 0.366 e. The van der Waals surface area contributed by atoms with Crippen LogP contribution in [0.2, 0.25) is 0 Å². The SMILES string of the molecule is CCN(Cc1cccc(C(N)=O)c1)Cc1cc(-c2cnn(C)c2)no1. The molecule has 1 amide bonds. The molecule has 0 aliphatic rings. The lowest BCUT2D eigenvalue weighted by Gasteiger charge is -2.19. The van der Waals surface area contributed by atoms with Crippen molar-refractivity contribution in [3.8, 4) is 11.3 Å². The molecule has 0 unspecified atom stereocenters. The third-order valence-electron chi connectivity index (χ3n) is 4.00. The second-order valence-electron chi connectivity index (χ2n) is 5.95. The molecule has 130 valence electrons. The van der Waals surface area contributed by atoms with Gasteiger partial charge in [0.2, 0.25) is 5.91 Å². The van der Waals surface area contributed by atoms with Gasteiger partial charge in [0.25, 0.3) is 0 Å². The van der Waals surface area contributed by atoms with Gasteiger partial charge in [0.15, 0.2) is 5.76 Å². The average Bonchev–Trinajstić information content (AvgIpc) is 3.23. The number of hydrogen-bond acceptors (Lipinski definition) is 5. The standard InChI is InChI=1S/C18H21N5O2/c1-3-23(10-13-5-4-6-14(7-13)18(19)24)12-16-8-17(21-25-16)15-9-20-22(2)11-15/h4-9,11H,3,10,12H2,1-2H3,(H2,19,24). The highest BCUT2D eigenvalue weighted by Crippen LogP contribution is 2.19. The van der Waals surface area contributed by atoms with Crippen LogP contribution in [0.25, 0.3) is 11.3 Å². The van der Waals surface area contributed by atoms with Gasteiger partial charge in [-0.15, -0.1) is 0 Å². The highest BCUT2D eigenvalue weighted by atomic mass is 16.5. The molecule has 3 rings (SSSR count). The number of aryl methyl sites for hydroxylation is 1. The monoisotopic (exact) mass is 339 g/mol. The molecule has 2 aromatic heterocycles. The Labute approximate surface area is 146 Å². The maximum absolute atomic E-state index is 11.3. The lowest BCUT2D eigenvalue weighted by atomic mass is 10.1. The van der Waals surface area contributed by atoms with Crippen molar-refractivity contribution in [3.63, 3.8) is 0 Å². The minimum Gasteiger partial charge on any atom is -0.366 e. The zero-order valence-corrected chi connectivity index (χ0v) is 14.3. The molecule has 0 aliphatic heterocycles. The Hall–Kier alpha value is -2.93. The van der Waals surface area contributed by atoms with Crippen LogP contribution in [-0.2, 0) is 20.1 Å². The van der Waals surface area contributed by atoms with Crippen LogP contribution < -0.4 is 5.73 Å². The van der Waals surface area contributed by atoms with Gasteiger partial charge in [0.1, 0.15) is 5.69 Å². The number of nitrogens with zero attached hydrogens (tertiary/aromatic N) is 4. The lowest BCUT2D eigenvalue weighted by molar-refractivity contribution is 0.1000. The molecule has 1 aromatic carbocycles. The van der Waals surface area contributed by atoms with Crippen molar-refractivity contribution in [1.82, 2.24) is 19.8 Å². The van der Waals surface area contributed by atoms with E-state index in [1.54, 1.807) is 16.9 Å². The van der Waals surface area contributed by atoms with Crippen LogP contribution in [0.4, 0.5) is 0 Å². The van der Waals surface area contributed by atoms with E-state index in [2.05, 4.69) is 22.1 Å². The van der Waals surface area contributed by atoms with Gasteiger partial charge in [-0.3, -0.25) is 14.4 Å². The Morgan fingerprint density at radius 3 is 2.84 bits per heavy atom. The number of aromatic nitrogens is 3. The molecule has 0 atom stereocenters. The second-order valence-corrected chi connectivity index (χ2v) is 5.95. The van der Waals surface area contributed by atoms with Crippen molar-refractivity contribution in [1.29, 1.82) is 0 Å². The lowest BCUT2D eigenvalue weighted by Crippen LogP contribution is -2.22. The molecular weight excluding hydrogens is 318 g/mol. The van der Waals surface area contributed by atoms with Crippen LogP contribution >= 0.6 is 0 Å². The van der Waals surface area contributed by atoms with E-state index in [1.807, 2.05) is 37.5 Å². The molecule has 0 bridgehead atoms. The molecule has 2 N–H and O–H groups in total. The Kier molecular flexibility index (Phi) is 4.95. The molecule has 0 spiro atoms. The summed E-state index contributed by atoms with van der Waals surface area (Å²) in [7, 11) is 1.86. The van der Waals surface area contributed by atoms with Gasteiger partial charge in [0, 0.05) is 37.0 Å². The Morgan fingerprint density at radius 2 is 2.16 bits per heavy atom. The molecule has 0 saturated carbocycles. The van der Waals surface area contributed by atoms with Crippen LogP contribution in [0.3, 0.4) is 0 Å². The highest BCUT2D eigenvalue weighted by Gasteiger charge is 2.12. The van der Waals surface area contributed by atoms with E-state index >= 15 is 0 Å². The van der Waals surface area contributed by atoms with Gasteiger partial charge in [-0.05, 0) is 24.2 Å². The molecule has 0 radical (unpaired) electrons. The maximum Gasteiger partial charge on any atom is 0.248 e. The van der Waals surface area contributed by atoms with Crippen LogP contribution in [0.5, 0.6) is 0 Å². The van der Waals surface area contributed by atoms with Gasteiger partial charge < -0.3 is 10.3 Å². The van der Waals surface area contributed by atoms with E-state index in [-0.39, 0.29) is 0 Å². The summed E-state index contributed by atoms with van der Waals surface area (Å²) < 4.78 is 7.19. The molecule has 7 nitrogen and oxygen atoms in total. The van der Waals surface area contributed by atoms with Crippen LogP contribution in [0.15, 0.2) is 47.2 Å². The summed E-state index contributed by atoms with van der Waals surface area (Å²) in [6, 6.07) is 9.31. The van der Waals surface area contributed by atoms with Gasteiger partial charge >= 0.3 is 0 Å². The Bertz CT molecular complexity index is 868. The summed E-state index contributed by atoms with van der Waals surface area (Å²) in [5, 5.41) is 8.26. The van der Waals surface area contributed by atoms with E-state index in [1.165, 1.54) is 0 Å². The average molecular weight is 339 g/mol. The third kappa shape index (κ3) is 4.13. The van der Waals surface area contributed by atoms with Crippen molar-refractivity contribution in [3.05, 3.63) is 59.6 Å². The molecule has 0 saturated heterocycles. The number of hydrogen-bond donors (Lipinski definition) is 1. The number of nitrogens with two attached hydrogens (primary N) is 1. The van der Waals surface area contributed by atoms with Crippen molar-refractivity contribution in [2.24, 2.45) is 12.8 Å². The first-order chi connectivity index (χ1) is 12.0. The number of primary amides is 1. The smallest absolute Gasteiger partial charge is 0.248 e. The number of carbonyl (C=O) groups is 1. The first-order valence-corrected chi connectivity index (χ1v) is 8.11. The first-order valence-electron chi connectivity index (χ1n) is 8.11. The van der Waals surface area contributed by atoms with Crippen molar-refractivity contribution >= 4 is 5.91 Å². The molecule has 7 heteroatoms. The summed E-state index contributed by atoms with van der Waals surface area (Å²) in [6.45, 7) is 4.24. The maximum atomic E-state index is 11.3. The zero-order chi connectivity index (χ0) is 17.8. The summed E-state index contributed by atoms with van der Waals surface area (Å²) >= 11 is 0. The second kappa shape index (κ2) is 7.31. The van der Waals surface area contributed by atoms with Crippen molar-refractivity contribution in [2.75, 3.05) is 6.54 Å². The van der Waals surface area contributed by atoms with Gasteiger partial charge in [-0.25, -0.2) is 0 Å². The fourth-order valence-electron chi connectivity index (χ4n) is 2.66. The molecule has 3 aromatic rings. The Balaban J connectivity index is 1.69. The van der Waals surface area contributed by atoms with E-state index in [0.717, 1.165) is 29.1 Å². The van der Waals surface area contributed by atoms with E-state index in [4.69, 9.17) is 10.3 Å². The fraction of sp³-hybridized carbons (Fsp3) is 0.278. The van der Waals surface area contributed by atoms with Gasteiger partial charge in [-0.1, -0.05) is 24.2 Å². The molecule has 25 heavy (non-hydrogen) atoms. The zero-order valence-electron chi connectivity index (χ0n) is 14.3. The van der Waals surface area contributed by atoms with Crippen LogP contribution in [0.1, 0.15) is 28.6 Å². The van der Waals surface area contributed by atoms with Crippen LogP contribution in [-0.4, -0.2) is 32.3 Å². The quantitative estimate of drug-likeness (QED) is 0.712. The summed E-state index contributed by atoms with van der Waals surface area (Å²) in [6.07, 6.45) is 3.66. The minimum absolute atomic E-state index is 0.416. The van der Waals surface area contributed by atoms with E-state index in [9.17, 15) is 4.79 Å². The van der Waals surface area contributed by atoms with Gasteiger partial charge in [0.05, 0.1) is 12.7 Å². The number of amides is 1. The van der Waals surface area contributed by atoms with E-state index < -0.39 is 5.91 Å². The van der Waals surface area contributed by atoms with Gasteiger partial charge in [-0.2, -0.15) is 5.10 Å². The first kappa shape index (κ1) is 16.9. The highest BCUT2D eigenvalue weighted by molar-refractivity contribution is 5.92. The molecule has 2 heterocycles. The number of benzene rings is 1. The predicted molar refractivity (Wildman–Crippen MR) is 93.5 cm³/mol. The molecule has 0 fully saturated rings. The number of rotatable bonds is 7. The van der Waals surface area contributed by atoms with Crippen molar-refractivity contribution < 1.29 is 9.32 Å². The van der Waals surface area contributed by atoms with E-state index in [0.29, 0.717) is 18.7 Å². The third-order valence-corrected chi connectivity index (χ3v) is 4.00. The Morgan fingerprint density at radius 1 is 1.32 bits per heavy atom. The summed E-state index contributed by atoms with van der Waals surface area (Å²) in [5.41, 5.74) is 8.60. The van der Waals surface area contributed by atoms with Crippen molar-refractivity contribution in [2.45, 2.75) is 20.0 Å². The molecule has 0 aliphatic carbocycles. The minimum atomic E-state index is -0.416. The normalized spacial score (nSPS) is 11.2. The summed E-state index contributed by atoms with van der Waals surface area (Å²) in [4.78, 5) is 13.5. The van der Waals surface area contributed by atoms with Crippen LogP contribution in [0, 0.1) is 0 Å². The number of carbonyl (C=O) groups excluding carboxylic acids is 1. The fourth-order valence-corrected chi connectivity index (χ4v) is 2.66. The summed E-state index contributed by atoms with van der Waals surface area (Å²) in [5.74, 6) is 0.369. The predicted octanol–water partition coefficient (Wildman–Crippen LogP) is 2.20.